The minimum atomic E-state index is 0.495. The minimum absolute atomic E-state index is 0.495. The largest absolute Gasteiger partial charge is 0.382 e. The molecule has 0 amide bonds. The highest BCUT2D eigenvalue weighted by Crippen LogP contribution is 2.36. The molecule has 1 aliphatic rings. The van der Waals surface area contributed by atoms with Crippen molar-refractivity contribution >= 4 is 11.4 Å². The Morgan fingerprint density at radius 1 is 1.28 bits per heavy atom. The fourth-order valence-electron chi connectivity index (χ4n) is 2.93. The van der Waals surface area contributed by atoms with Crippen molar-refractivity contribution in [2.75, 3.05) is 24.3 Å². The van der Waals surface area contributed by atoms with Gasteiger partial charge in [0.1, 0.15) is 0 Å². The SMILES string of the molecule is CN(C)c1cccc(NC2CCCC(C)(C)C2)c1. The van der Waals surface area contributed by atoms with Gasteiger partial charge in [0.05, 0.1) is 0 Å². The van der Waals surface area contributed by atoms with Crippen LogP contribution in [0.4, 0.5) is 11.4 Å². The summed E-state index contributed by atoms with van der Waals surface area (Å²) in [4.78, 5) is 2.15. The quantitative estimate of drug-likeness (QED) is 0.862. The Hall–Kier alpha value is -1.18. The number of nitrogens with zero attached hydrogens (tertiary/aromatic N) is 1. The fourth-order valence-corrected chi connectivity index (χ4v) is 2.93. The average molecular weight is 246 g/mol. The Kier molecular flexibility index (Phi) is 3.84. The number of benzene rings is 1. The van der Waals surface area contributed by atoms with Crippen molar-refractivity contribution in [1.29, 1.82) is 0 Å². The van der Waals surface area contributed by atoms with Crippen molar-refractivity contribution in [3.63, 3.8) is 0 Å². The normalized spacial score (nSPS) is 22.6. The van der Waals surface area contributed by atoms with Gasteiger partial charge in [0.15, 0.2) is 0 Å². The van der Waals surface area contributed by atoms with Crippen LogP contribution in [0.5, 0.6) is 0 Å². The maximum atomic E-state index is 3.71. The van der Waals surface area contributed by atoms with Crippen molar-refractivity contribution in [3.8, 4) is 0 Å². The molecule has 1 N–H and O–H groups in total. The molecule has 1 aliphatic carbocycles. The van der Waals surface area contributed by atoms with Crippen LogP contribution < -0.4 is 10.2 Å². The molecule has 0 aromatic heterocycles. The van der Waals surface area contributed by atoms with E-state index in [9.17, 15) is 0 Å². The zero-order valence-corrected chi connectivity index (χ0v) is 12.2. The first kappa shape index (κ1) is 13.3. The summed E-state index contributed by atoms with van der Waals surface area (Å²) in [5, 5.41) is 3.71. The van der Waals surface area contributed by atoms with Gasteiger partial charge in [-0.05, 0) is 42.9 Å². The molecule has 1 aromatic carbocycles. The summed E-state index contributed by atoms with van der Waals surface area (Å²) in [6, 6.07) is 9.32. The molecule has 100 valence electrons. The zero-order valence-electron chi connectivity index (χ0n) is 12.2. The van der Waals surface area contributed by atoms with Crippen LogP contribution in [0.25, 0.3) is 0 Å². The number of rotatable bonds is 3. The summed E-state index contributed by atoms with van der Waals surface area (Å²) in [5.74, 6) is 0. The van der Waals surface area contributed by atoms with Crippen molar-refractivity contribution in [3.05, 3.63) is 24.3 Å². The van der Waals surface area contributed by atoms with Crippen LogP contribution in [0.1, 0.15) is 39.5 Å². The molecule has 0 spiro atoms. The van der Waals surface area contributed by atoms with Crippen molar-refractivity contribution < 1.29 is 0 Å². The van der Waals surface area contributed by atoms with Gasteiger partial charge in [-0.2, -0.15) is 0 Å². The van der Waals surface area contributed by atoms with E-state index >= 15 is 0 Å². The van der Waals surface area contributed by atoms with Crippen LogP contribution >= 0.6 is 0 Å². The Morgan fingerprint density at radius 3 is 2.72 bits per heavy atom. The Labute approximate surface area is 111 Å². The van der Waals surface area contributed by atoms with Gasteiger partial charge in [-0.3, -0.25) is 0 Å². The smallest absolute Gasteiger partial charge is 0.0381 e. The van der Waals surface area contributed by atoms with Gasteiger partial charge in [0, 0.05) is 31.5 Å². The topological polar surface area (TPSA) is 15.3 Å². The van der Waals surface area contributed by atoms with Crippen LogP contribution in [0.15, 0.2) is 24.3 Å². The highest BCUT2D eigenvalue weighted by atomic mass is 15.1. The molecular formula is C16H26N2. The number of nitrogens with one attached hydrogen (secondary N) is 1. The highest BCUT2D eigenvalue weighted by molar-refractivity contribution is 5.57. The zero-order chi connectivity index (χ0) is 13.2. The Morgan fingerprint density at radius 2 is 2.06 bits per heavy atom. The van der Waals surface area contributed by atoms with E-state index < -0.39 is 0 Å². The molecule has 2 rings (SSSR count). The lowest BCUT2D eigenvalue weighted by molar-refractivity contribution is 0.229. The van der Waals surface area contributed by atoms with Crippen LogP contribution in [-0.2, 0) is 0 Å². The van der Waals surface area contributed by atoms with E-state index in [4.69, 9.17) is 0 Å². The second-order valence-electron chi connectivity index (χ2n) is 6.55. The summed E-state index contributed by atoms with van der Waals surface area (Å²) < 4.78 is 0. The molecule has 0 bridgehead atoms. The predicted molar refractivity (Wildman–Crippen MR) is 80.4 cm³/mol. The van der Waals surface area contributed by atoms with Crippen LogP contribution in [0, 0.1) is 5.41 Å². The maximum absolute atomic E-state index is 3.71. The maximum Gasteiger partial charge on any atom is 0.0381 e. The van der Waals surface area contributed by atoms with Crippen LogP contribution in [-0.4, -0.2) is 20.1 Å². The van der Waals surface area contributed by atoms with Crippen LogP contribution in [0.3, 0.4) is 0 Å². The summed E-state index contributed by atoms with van der Waals surface area (Å²) in [6.45, 7) is 4.77. The average Bonchev–Trinajstić information content (AvgIpc) is 2.28. The van der Waals surface area contributed by atoms with Gasteiger partial charge in [-0.15, -0.1) is 0 Å². The fraction of sp³-hybridized carbons (Fsp3) is 0.625. The van der Waals surface area contributed by atoms with Gasteiger partial charge in [0.2, 0.25) is 0 Å². The molecule has 1 fully saturated rings. The van der Waals surface area contributed by atoms with E-state index in [0.717, 1.165) is 0 Å². The van der Waals surface area contributed by atoms with Crippen molar-refractivity contribution in [2.45, 2.75) is 45.6 Å². The summed E-state index contributed by atoms with van der Waals surface area (Å²) >= 11 is 0. The monoisotopic (exact) mass is 246 g/mol. The van der Waals surface area contributed by atoms with E-state index in [1.54, 1.807) is 0 Å². The molecule has 2 nitrogen and oxygen atoms in total. The molecule has 0 saturated heterocycles. The van der Waals surface area contributed by atoms with Gasteiger partial charge in [-0.1, -0.05) is 26.3 Å². The lowest BCUT2D eigenvalue weighted by Crippen LogP contribution is -2.31. The first-order valence-corrected chi connectivity index (χ1v) is 7.00. The first-order valence-electron chi connectivity index (χ1n) is 7.00. The van der Waals surface area contributed by atoms with Gasteiger partial charge in [0.25, 0.3) is 0 Å². The third-order valence-electron chi connectivity index (χ3n) is 3.94. The summed E-state index contributed by atoms with van der Waals surface area (Å²) in [7, 11) is 4.17. The number of hydrogen-bond donors (Lipinski definition) is 1. The van der Waals surface area contributed by atoms with E-state index in [1.165, 1.54) is 37.1 Å². The lowest BCUT2D eigenvalue weighted by Gasteiger charge is -2.36. The molecule has 0 heterocycles. The molecule has 1 aromatic rings. The van der Waals surface area contributed by atoms with Gasteiger partial charge < -0.3 is 10.2 Å². The molecular weight excluding hydrogens is 220 g/mol. The standard InChI is InChI=1S/C16H26N2/c1-16(2)10-6-8-14(12-16)17-13-7-5-9-15(11-13)18(3)4/h5,7,9,11,14,17H,6,8,10,12H2,1-4H3. The second kappa shape index (κ2) is 5.21. The summed E-state index contributed by atoms with van der Waals surface area (Å²) in [6.07, 6.45) is 5.29. The molecule has 1 saturated carbocycles. The molecule has 0 aliphatic heterocycles. The van der Waals surface area contributed by atoms with Crippen LogP contribution in [0.2, 0.25) is 0 Å². The van der Waals surface area contributed by atoms with E-state index in [1.807, 2.05) is 0 Å². The number of anilines is 2. The van der Waals surface area contributed by atoms with Gasteiger partial charge >= 0.3 is 0 Å². The van der Waals surface area contributed by atoms with E-state index in [-0.39, 0.29) is 0 Å². The van der Waals surface area contributed by atoms with Crippen molar-refractivity contribution in [2.24, 2.45) is 5.41 Å². The Bertz CT molecular complexity index is 396. The molecule has 18 heavy (non-hydrogen) atoms. The van der Waals surface area contributed by atoms with E-state index in [0.29, 0.717) is 11.5 Å². The summed E-state index contributed by atoms with van der Waals surface area (Å²) in [5.41, 5.74) is 3.01. The van der Waals surface area contributed by atoms with Gasteiger partial charge in [-0.25, -0.2) is 0 Å². The Balaban J connectivity index is 2.03. The van der Waals surface area contributed by atoms with E-state index in [2.05, 4.69) is 62.4 Å². The second-order valence-corrected chi connectivity index (χ2v) is 6.55. The lowest BCUT2D eigenvalue weighted by atomic mass is 9.75. The predicted octanol–water partition coefficient (Wildman–Crippen LogP) is 4.13. The molecule has 1 unspecified atom stereocenters. The third kappa shape index (κ3) is 3.41. The minimum Gasteiger partial charge on any atom is -0.382 e. The highest BCUT2D eigenvalue weighted by Gasteiger charge is 2.27. The number of hydrogen-bond acceptors (Lipinski definition) is 2. The molecule has 1 atom stereocenters. The molecule has 2 heteroatoms. The first-order chi connectivity index (χ1) is 8.46. The van der Waals surface area contributed by atoms with Crippen molar-refractivity contribution in [1.82, 2.24) is 0 Å². The third-order valence-corrected chi connectivity index (χ3v) is 3.94. The molecule has 0 radical (unpaired) electrons.